The zero-order chi connectivity index (χ0) is 16.2. The normalized spacial score (nSPS) is 31.3. The molecule has 4 rings (SSSR count). The summed E-state index contributed by atoms with van der Waals surface area (Å²) in [6.45, 7) is 0.898. The van der Waals surface area contributed by atoms with Crippen LogP contribution in [0.25, 0.3) is 0 Å². The Labute approximate surface area is 128 Å². The molecule has 3 fully saturated rings. The number of carbonyl (C=O) groups excluding carboxylic acids is 1. The molecule has 4 nitrogen and oxygen atoms in total. The number of hydrogen-bond donors (Lipinski definition) is 0. The molecule has 0 unspecified atom stereocenters. The molecule has 1 aromatic rings. The first kappa shape index (κ1) is 15.4. The van der Waals surface area contributed by atoms with Gasteiger partial charge in [0.1, 0.15) is 5.69 Å². The van der Waals surface area contributed by atoms with Crippen LogP contribution in [-0.4, -0.2) is 22.9 Å². The maximum absolute atomic E-state index is 13.6. The van der Waals surface area contributed by atoms with Gasteiger partial charge in [0.25, 0.3) is 5.92 Å². The van der Waals surface area contributed by atoms with Crippen molar-refractivity contribution in [3.05, 3.63) is 17.5 Å². The van der Waals surface area contributed by atoms with Crippen molar-refractivity contribution in [2.24, 2.45) is 12.5 Å². The lowest BCUT2D eigenvalue weighted by Crippen LogP contribution is -2.48. The summed E-state index contributed by atoms with van der Waals surface area (Å²) < 4.78 is 33.5. The molecule has 3 aliphatic carbocycles. The van der Waals surface area contributed by atoms with Gasteiger partial charge in [-0.2, -0.15) is 13.9 Å². The van der Waals surface area contributed by atoms with Gasteiger partial charge >= 0.3 is 5.97 Å². The zero-order valence-corrected chi connectivity index (χ0v) is 13.3. The number of hydrogen-bond acceptors (Lipinski definition) is 3. The zero-order valence-electron chi connectivity index (χ0n) is 13.3. The number of alkyl halides is 2. The fourth-order valence-electron chi connectivity index (χ4n) is 4.23. The summed E-state index contributed by atoms with van der Waals surface area (Å²) in [6.07, 6.45) is 4.71. The maximum atomic E-state index is 13.6. The van der Waals surface area contributed by atoms with Crippen LogP contribution < -0.4 is 0 Å². The average Bonchev–Trinajstić information content (AvgIpc) is 2.91. The summed E-state index contributed by atoms with van der Waals surface area (Å²) in [5.41, 5.74) is 0.191. The van der Waals surface area contributed by atoms with E-state index in [-0.39, 0.29) is 22.5 Å². The molecule has 0 saturated heterocycles. The molecule has 1 heterocycles. The van der Waals surface area contributed by atoms with E-state index in [0.717, 1.165) is 51.1 Å². The standard InChI is InChI=1S/C16H22F2N2O2/c1-14(17,18)12-10-11(19-20(12)2)15-4-7-16(8-5-15,9-6-15)13(21)22-3/h10H,4-9H2,1-3H3. The smallest absolute Gasteiger partial charge is 0.311 e. The molecule has 6 heteroatoms. The van der Waals surface area contributed by atoms with E-state index in [0.29, 0.717) is 0 Å². The van der Waals surface area contributed by atoms with Gasteiger partial charge < -0.3 is 4.74 Å². The van der Waals surface area contributed by atoms with Gasteiger partial charge in [-0.15, -0.1) is 0 Å². The Morgan fingerprint density at radius 3 is 2.23 bits per heavy atom. The monoisotopic (exact) mass is 312 g/mol. The number of ether oxygens (including phenoxy) is 1. The second-order valence-corrected chi connectivity index (χ2v) is 6.98. The van der Waals surface area contributed by atoms with Crippen LogP contribution in [0.1, 0.15) is 56.8 Å². The molecular weight excluding hydrogens is 290 g/mol. The van der Waals surface area contributed by atoms with E-state index in [2.05, 4.69) is 5.10 Å². The number of aryl methyl sites for hydroxylation is 1. The summed E-state index contributed by atoms with van der Waals surface area (Å²) in [5, 5.41) is 4.38. The Hall–Kier alpha value is -1.46. The van der Waals surface area contributed by atoms with Crippen LogP contribution in [0.15, 0.2) is 6.07 Å². The van der Waals surface area contributed by atoms with Gasteiger partial charge in [-0.1, -0.05) is 0 Å². The second kappa shape index (κ2) is 4.77. The third kappa shape index (κ3) is 2.15. The maximum Gasteiger partial charge on any atom is 0.311 e. The summed E-state index contributed by atoms with van der Waals surface area (Å²) in [6, 6.07) is 1.55. The molecule has 3 saturated carbocycles. The number of nitrogens with zero attached hydrogens (tertiary/aromatic N) is 2. The van der Waals surface area contributed by atoms with Crippen LogP contribution in [0.4, 0.5) is 8.78 Å². The SMILES string of the molecule is COC(=O)C12CCC(c3cc(C(C)(F)F)n(C)n3)(CC1)CC2. The predicted molar refractivity (Wildman–Crippen MR) is 76.6 cm³/mol. The quantitative estimate of drug-likeness (QED) is 0.804. The number of methoxy groups -OCH3 is 1. The fourth-order valence-corrected chi connectivity index (χ4v) is 4.23. The van der Waals surface area contributed by atoms with Gasteiger partial charge in [0.2, 0.25) is 0 Å². The van der Waals surface area contributed by atoms with Crippen LogP contribution in [0.2, 0.25) is 0 Å². The highest BCUT2D eigenvalue weighted by molar-refractivity contribution is 5.77. The molecule has 2 bridgehead atoms. The first-order chi connectivity index (χ1) is 10.2. The molecular formula is C16H22F2N2O2. The highest BCUT2D eigenvalue weighted by Crippen LogP contribution is 2.58. The van der Waals surface area contributed by atoms with Gasteiger partial charge in [-0.25, -0.2) is 0 Å². The van der Waals surface area contributed by atoms with Crippen molar-refractivity contribution in [1.82, 2.24) is 9.78 Å². The molecule has 0 amide bonds. The minimum atomic E-state index is -2.89. The third-order valence-corrected chi connectivity index (χ3v) is 5.74. The lowest BCUT2D eigenvalue weighted by Gasteiger charge is -2.51. The first-order valence-corrected chi connectivity index (χ1v) is 7.74. The molecule has 0 spiro atoms. The van der Waals surface area contributed by atoms with E-state index in [1.54, 1.807) is 13.1 Å². The molecule has 1 aromatic heterocycles. The van der Waals surface area contributed by atoms with Gasteiger partial charge in [0.15, 0.2) is 0 Å². The van der Waals surface area contributed by atoms with Crippen molar-refractivity contribution in [2.45, 2.75) is 56.8 Å². The number of esters is 1. The number of aromatic nitrogens is 2. The van der Waals surface area contributed by atoms with Crippen LogP contribution >= 0.6 is 0 Å². The first-order valence-electron chi connectivity index (χ1n) is 7.74. The van der Waals surface area contributed by atoms with Gasteiger partial charge in [0, 0.05) is 19.4 Å². The van der Waals surface area contributed by atoms with Crippen LogP contribution in [0.3, 0.4) is 0 Å². The van der Waals surface area contributed by atoms with Crippen molar-refractivity contribution in [2.75, 3.05) is 7.11 Å². The van der Waals surface area contributed by atoms with E-state index < -0.39 is 5.92 Å². The predicted octanol–water partition coefficient (Wildman–Crippen LogP) is 3.30. The number of rotatable bonds is 3. The molecule has 0 N–H and O–H groups in total. The van der Waals surface area contributed by atoms with E-state index in [1.165, 1.54) is 11.8 Å². The second-order valence-electron chi connectivity index (χ2n) is 6.98. The Morgan fingerprint density at radius 2 is 1.82 bits per heavy atom. The van der Waals surface area contributed by atoms with E-state index >= 15 is 0 Å². The summed E-state index contributed by atoms with van der Waals surface area (Å²) in [4.78, 5) is 12.0. The molecule has 0 radical (unpaired) electrons. The van der Waals surface area contributed by atoms with Crippen molar-refractivity contribution in [1.29, 1.82) is 0 Å². The Balaban J connectivity index is 1.88. The fraction of sp³-hybridized carbons (Fsp3) is 0.750. The molecule has 22 heavy (non-hydrogen) atoms. The van der Waals surface area contributed by atoms with Crippen LogP contribution in [0.5, 0.6) is 0 Å². The Kier molecular flexibility index (Phi) is 3.34. The van der Waals surface area contributed by atoms with Crippen molar-refractivity contribution < 1.29 is 18.3 Å². The van der Waals surface area contributed by atoms with E-state index in [9.17, 15) is 13.6 Å². The minimum Gasteiger partial charge on any atom is -0.469 e. The molecule has 0 aromatic carbocycles. The molecule has 0 aliphatic heterocycles. The lowest BCUT2D eigenvalue weighted by atomic mass is 9.53. The number of carbonyl (C=O) groups is 1. The van der Waals surface area contributed by atoms with Gasteiger partial charge in [0.05, 0.1) is 18.2 Å². The third-order valence-electron chi connectivity index (χ3n) is 5.74. The van der Waals surface area contributed by atoms with Crippen molar-refractivity contribution in [3.63, 3.8) is 0 Å². The summed E-state index contributed by atoms with van der Waals surface area (Å²) >= 11 is 0. The molecule has 3 aliphatic rings. The van der Waals surface area contributed by atoms with Crippen molar-refractivity contribution >= 4 is 5.97 Å². The van der Waals surface area contributed by atoms with Crippen LogP contribution in [-0.2, 0) is 27.9 Å². The largest absolute Gasteiger partial charge is 0.469 e. The Morgan fingerprint density at radius 1 is 1.27 bits per heavy atom. The minimum absolute atomic E-state index is 0.0488. The average molecular weight is 312 g/mol. The van der Waals surface area contributed by atoms with Crippen molar-refractivity contribution in [3.8, 4) is 0 Å². The van der Waals surface area contributed by atoms with E-state index in [4.69, 9.17) is 4.74 Å². The molecule has 122 valence electrons. The topological polar surface area (TPSA) is 44.1 Å². The molecule has 0 atom stereocenters. The highest BCUT2D eigenvalue weighted by atomic mass is 19.3. The number of fused-ring (bicyclic) bond motifs is 3. The van der Waals surface area contributed by atoms with E-state index in [1.807, 2.05) is 0 Å². The summed E-state index contributed by atoms with van der Waals surface area (Å²) in [7, 11) is 3.00. The van der Waals surface area contributed by atoms with Gasteiger partial charge in [-0.05, 0) is 44.6 Å². The lowest BCUT2D eigenvalue weighted by molar-refractivity contribution is -0.160. The summed E-state index contributed by atoms with van der Waals surface area (Å²) in [5.74, 6) is -3.02. The Bertz CT molecular complexity index is 579. The van der Waals surface area contributed by atoms with Crippen LogP contribution in [0, 0.1) is 5.41 Å². The highest BCUT2D eigenvalue weighted by Gasteiger charge is 2.54. The van der Waals surface area contributed by atoms with Gasteiger partial charge in [-0.3, -0.25) is 9.48 Å². The number of halogens is 2.